The summed E-state index contributed by atoms with van der Waals surface area (Å²) in [6, 6.07) is 0. The van der Waals surface area contributed by atoms with Gasteiger partial charge in [-0.2, -0.15) is 0 Å². The molecule has 48 valence electrons. The highest BCUT2D eigenvalue weighted by Crippen LogP contribution is 2.18. The number of ether oxygens (including phenoxy) is 1. The smallest absolute Gasteiger partial charge is 0.230 e. The number of rotatable bonds is 1. The van der Waals surface area contributed by atoms with Gasteiger partial charge in [0.1, 0.15) is 7.67 Å². The van der Waals surface area contributed by atoms with Crippen LogP contribution in [0.15, 0.2) is 16.9 Å². The molecule has 0 N–H and O–H groups in total. The average Bonchev–Trinajstić information content (AvgIpc) is 1.98. The summed E-state index contributed by atoms with van der Waals surface area (Å²) < 4.78 is 32.6. The van der Waals surface area contributed by atoms with Crippen molar-refractivity contribution >= 4 is 15.9 Å². The van der Waals surface area contributed by atoms with Crippen LogP contribution >= 0.6 is 15.9 Å². The maximum atomic E-state index is 7.23. The molecule has 3 nitrogen and oxygen atoms in total. The molecule has 0 bridgehead atoms. The lowest BCUT2D eigenvalue weighted by Gasteiger charge is -1.96. The highest BCUT2D eigenvalue weighted by atomic mass is 79.9. The lowest BCUT2D eigenvalue weighted by molar-refractivity contribution is 0.394. The molecule has 1 heterocycles. The van der Waals surface area contributed by atoms with Crippen LogP contribution in [0.2, 0.25) is 0 Å². The molecule has 0 aliphatic rings. The van der Waals surface area contributed by atoms with E-state index in [0.717, 1.165) is 0 Å². The topological polar surface area (TPSA) is 35.0 Å². The Morgan fingerprint density at radius 3 is 3.67 bits per heavy atom. The van der Waals surface area contributed by atoms with Crippen molar-refractivity contribution in [2.45, 2.75) is 0 Å². The van der Waals surface area contributed by atoms with Gasteiger partial charge in [-0.3, -0.25) is 0 Å². The number of halogens is 1. The number of hydrogen-bond donors (Lipinski definition) is 0. The second-order valence-electron chi connectivity index (χ2n) is 1.17. The SMILES string of the molecule is [2H]c1nc([2H])c(Br)c(OC([2H])[2H])n1. The molecular weight excluding hydrogens is 184 g/mol. The third-order valence-electron chi connectivity index (χ3n) is 0.655. The summed E-state index contributed by atoms with van der Waals surface area (Å²) in [5.41, 5.74) is 0. The Labute approximate surface area is 66.8 Å². The lowest BCUT2D eigenvalue weighted by Crippen LogP contribution is -1.88. The summed E-state index contributed by atoms with van der Waals surface area (Å²) >= 11 is 2.96. The fourth-order valence-electron chi connectivity index (χ4n) is 0.319. The highest BCUT2D eigenvalue weighted by Gasteiger charge is 1.96. The van der Waals surface area contributed by atoms with E-state index >= 15 is 0 Å². The summed E-state index contributed by atoms with van der Waals surface area (Å²) in [5.74, 6) is -0.125. The second-order valence-corrected chi connectivity index (χ2v) is 1.97. The summed E-state index contributed by atoms with van der Waals surface area (Å²) in [6.45, 7) is 0. The van der Waals surface area contributed by atoms with E-state index < -0.39 is 7.06 Å². The van der Waals surface area contributed by atoms with E-state index in [-0.39, 0.29) is 22.8 Å². The van der Waals surface area contributed by atoms with Crippen LogP contribution in [-0.4, -0.2) is 17.0 Å². The number of hydrogen-bond acceptors (Lipinski definition) is 3. The van der Waals surface area contributed by atoms with Crippen molar-refractivity contribution < 1.29 is 10.2 Å². The normalized spacial score (nSPS) is 15.8. The van der Waals surface area contributed by atoms with Crippen LogP contribution in [0.25, 0.3) is 0 Å². The van der Waals surface area contributed by atoms with E-state index in [0.29, 0.717) is 0 Å². The number of nitrogens with zero attached hydrogens (tertiary/aromatic N) is 2. The first-order valence-corrected chi connectivity index (χ1v) is 2.82. The second kappa shape index (κ2) is 2.77. The molecule has 0 fully saturated rings. The Hall–Kier alpha value is -0.640. The molecule has 0 radical (unpaired) electrons. The van der Waals surface area contributed by atoms with Crippen molar-refractivity contribution in [1.82, 2.24) is 9.97 Å². The third-order valence-corrected chi connectivity index (χ3v) is 1.17. The Bertz CT molecular complexity index is 322. The number of aromatic nitrogens is 2. The molecule has 0 saturated carbocycles. The van der Waals surface area contributed by atoms with Crippen molar-refractivity contribution in [2.24, 2.45) is 0 Å². The van der Waals surface area contributed by atoms with Crippen molar-refractivity contribution in [3.05, 3.63) is 16.9 Å². The van der Waals surface area contributed by atoms with Gasteiger partial charge in [-0.05, 0) is 15.9 Å². The van der Waals surface area contributed by atoms with Crippen LogP contribution in [-0.2, 0) is 0 Å². The molecule has 1 aromatic heterocycles. The van der Waals surface area contributed by atoms with Crippen molar-refractivity contribution in [2.75, 3.05) is 7.06 Å². The fourth-order valence-corrected chi connectivity index (χ4v) is 0.590. The maximum absolute atomic E-state index is 7.23. The van der Waals surface area contributed by atoms with Gasteiger partial charge in [0.2, 0.25) is 5.88 Å². The predicted octanol–water partition coefficient (Wildman–Crippen LogP) is 1.25. The van der Waals surface area contributed by atoms with Gasteiger partial charge in [-0.15, -0.1) is 0 Å². The zero-order valence-electron chi connectivity index (χ0n) is 8.26. The maximum Gasteiger partial charge on any atom is 0.230 e. The van der Waals surface area contributed by atoms with Gasteiger partial charge in [0.15, 0.2) is 0 Å². The molecule has 0 aromatic carbocycles. The van der Waals surface area contributed by atoms with Gasteiger partial charge in [0, 0.05) is 6.17 Å². The van der Waals surface area contributed by atoms with Gasteiger partial charge in [0.25, 0.3) is 0 Å². The summed E-state index contributed by atoms with van der Waals surface area (Å²) in [7, 11) is -1.54. The quantitative estimate of drug-likeness (QED) is 0.673. The monoisotopic (exact) mass is 192 g/mol. The van der Waals surface area contributed by atoms with E-state index in [9.17, 15) is 0 Å². The molecule has 0 amide bonds. The van der Waals surface area contributed by atoms with Crippen molar-refractivity contribution in [1.29, 1.82) is 0 Å². The highest BCUT2D eigenvalue weighted by molar-refractivity contribution is 9.10. The van der Waals surface area contributed by atoms with Gasteiger partial charge in [-0.25, -0.2) is 9.97 Å². The van der Waals surface area contributed by atoms with Crippen LogP contribution in [0.4, 0.5) is 0 Å². The van der Waals surface area contributed by atoms with Gasteiger partial charge in [0.05, 0.1) is 15.6 Å². The minimum atomic E-state index is -1.54. The molecule has 4 heteroatoms. The summed E-state index contributed by atoms with van der Waals surface area (Å²) in [5, 5.41) is 0. The van der Waals surface area contributed by atoms with Crippen molar-refractivity contribution in [3.63, 3.8) is 0 Å². The minimum absolute atomic E-state index is 0.125. The van der Waals surface area contributed by atoms with Crippen LogP contribution in [0.1, 0.15) is 5.48 Å². The van der Waals surface area contributed by atoms with Crippen LogP contribution < -0.4 is 4.74 Å². The summed E-state index contributed by atoms with van der Waals surface area (Å²) in [6.07, 6.45) is -0.570. The van der Waals surface area contributed by atoms with Gasteiger partial charge in [-0.1, -0.05) is 0 Å². The Balaban J connectivity index is 3.05. The largest absolute Gasteiger partial charge is 0.480 e. The van der Waals surface area contributed by atoms with Gasteiger partial charge < -0.3 is 4.74 Å². The molecule has 0 spiro atoms. The van der Waals surface area contributed by atoms with E-state index in [1.807, 2.05) is 0 Å². The molecule has 1 rings (SSSR count). The van der Waals surface area contributed by atoms with Crippen LogP contribution in [0.5, 0.6) is 5.88 Å². The fraction of sp³-hybridized carbons (Fsp3) is 0.200. The number of methoxy groups -OCH3 is 1. The Kier molecular flexibility index (Phi) is 0.914. The Morgan fingerprint density at radius 1 is 2.00 bits per heavy atom. The van der Waals surface area contributed by atoms with E-state index in [1.165, 1.54) is 0 Å². The third kappa shape index (κ3) is 1.38. The molecule has 0 atom stereocenters. The minimum Gasteiger partial charge on any atom is -0.480 e. The van der Waals surface area contributed by atoms with Crippen LogP contribution in [0, 0.1) is 0 Å². The average molecular weight is 193 g/mol. The van der Waals surface area contributed by atoms with Crippen LogP contribution in [0.3, 0.4) is 0 Å². The van der Waals surface area contributed by atoms with E-state index in [2.05, 4.69) is 30.6 Å². The molecule has 1 aromatic rings. The molecular formula is C5H5BrN2O. The van der Waals surface area contributed by atoms with Crippen molar-refractivity contribution in [3.8, 4) is 5.88 Å². The molecule has 0 unspecified atom stereocenters. The lowest BCUT2D eigenvalue weighted by atomic mass is 10.6. The summed E-state index contributed by atoms with van der Waals surface area (Å²) in [4.78, 5) is 6.91. The molecule has 0 aliphatic heterocycles. The standard InChI is InChI=1S/C5H5BrN2O/c1-9-5-4(6)2-7-3-8-5/h2-3H,1H3/i1D2,2D,3D. The Morgan fingerprint density at radius 2 is 2.89 bits per heavy atom. The zero-order chi connectivity index (χ0) is 10.0. The van der Waals surface area contributed by atoms with Gasteiger partial charge >= 0.3 is 0 Å². The van der Waals surface area contributed by atoms with E-state index in [4.69, 9.17) is 5.48 Å². The first-order chi connectivity index (χ1) is 6.00. The molecule has 0 aliphatic carbocycles. The zero-order valence-corrected chi connectivity index (χ0v) is 5.84. The molecule has 9 heavy (non-hydrogen) atoms. The predicted molar refractivity (Wildman–Crippen MR) is 36.3 cm³/mol. The molecule has 0 saturated heterocycles. The first kappa shape index (κ1) is 2.96. The van der Waals surface area contributed by atoms with E-state index in [1.54, 1.807) is 0 Å². The first-order valence-electron chi connectivity index (χ1n) is 4.18.